The van der Waals surface area contributed by atoms with Gasteiger partial charge in [0, 0.05) is 18.7 Å². The highest BCUT2D eigenvalue weighted by atomic mass is 16.2. The van der Waals surface area contributed by atoms with Gasteiger partial charge in [0.1, 0.15) is 0 Å². The van der Waals surface area contributed by atoms with Crippen molar-refractivity contribution in [1.29, 1.82) is 5.26 Å². The molecule has 100 valence electrons. The number of imidazole rings is 1. The number of hydrogen-bond donors (Lipinski definition) is 2. The minimum Gasteiger partial charge on any atom is -0.347 e. The highest BCUT2D eigenvalue weighted by molar-refractivity contribution is 5.89. The maximum absolute atomic E-state index is 12.2. The van der Waals surface area contributed by atoms with Gasteiger partial charge in [0.15, 0.2) is 0 Å². The molecule has 0 radical (unpaired) electrons. The van der Waals surface area contributed by atoms with Crippen LogP contribution in [0.15, 0.2) is 30.6 Å². The lowest BCUT2D eigenvalue weighted by Crippen LogP contribution is -2.38. The van der Waals surface area contributed by atoms with Crippen molar-refractivity contribution in [2.24, 2.45) is 0 Å². The topological polar surface area (TPSA) is 84.8 Å². The van der Waals surface area contributed by atoms with Gasteiger partial charge in [-0.1, -0.05) is 6.07 Å². The molecule has 3 rings (SSSR count). The number of anilines is 1. The molecule has 0 saturated carbocycles. The minimum atomic E-state index is -0.166. The second-order valence-corrected chi connectivity index (χ2v) is 4.62. The number of fused-ring (bicyclic) bond motifs is 1. The molecule has 2 heterocycles. The van der Waals surface area contributed by atoms with Crippen molar-refractivity contribution in [2.75, 3.05) is 11.9 Å². The maximum atomic E-state index is 12.2. The van der Waals surface area contributed by atoms with Crippen molar-refractivity contribution < 1.29 is 4.79 Å². The maximum Gasteiger partial charge on any atom is 0.322 e. The van der Waals surface area contributed by atoms with Crippen LogP contribution in [-0.4, -0.2) is 27.4 Å². The van der Waals surface area contributed by atoms with Gasteiger partial charge >= 0.3 is 6.03 Å². The lowest BCUT2D eigenvalue weighted by molar-refractivity contribution is 0.205. The normalized spacial score (nSPS) is 13.4. The van der Waals surface area contributed by atoms with E-state index in [2.05, 4.69) is 21.4 Å². The van der Waals surface area contributed by atoms with Gasteiger partial charge in [-0.15, -0.1) is 0 Å². The van der Waals surface area contributed by atoms with Gasteiger partial charge in [0.05, 0.1) is 35.9 Å². The number of benzene rings is 1. The third kappa shape index (κ3) is 2.34. The second kappa shape index (κ2) is 5.05. The zero-order valence-electron chi connectivity index (χ0n) is 10.8. The molecule has 6 nitrogen and oxygen atoms in total. The zero-order chi connectivity index (χ0) is 13.9. The number of aromatic amines is 1. The Bertz CT molecular complexity index is 685. The Hall–Kier alpha value is -2.81. The van der Waals surface area contributed by atoms with Gasteiger partial charge in [-0.3, -0.25) is 0 Å². The van der Waals surface area contributed by atoms with Crippen LogP contribution in [0.4, 0.5) is 10.5 Å². The van der Waals surface area contributed by atoms with Crippen molar-refractivity contribution in [1.82, 2.24) is 14.9 Å². The first-order valence-corrected chi connectivity index (χ1v) is 6.33. The largest absolute Gasteiger partial charge is 0.347 e. The molecular formula is C14H13N5O. The van der Waals surface area contributed by atoms with Gasteiger partial charge in [-0.25, -0.2) is 9.78 Å². The molecule has 1 aliphatic rings. The Balaban J connectivity index is 1.70. The van der Waals surface area contributed by atoms with Crippen LogP contribution < -0.4 is 5.32 Å². The molecule has 20 heavy (non-hydrogen) atoms. The summed E-state index contributed by atoms with van der Waals surface area (Å²) in [7, 11) is 0. The van der Waals surface area contributed by atoms with Crippen molar-refractivity contribution in [3.63, 3.8) is 0 Å². The van der Waals surface area contributed by atoms with Gasteiger partial charge in [0.2, 0.25) is 0 Å². The molecule has 0 bridgehead atoms. The molecule has 1 aromatic heterocycles. The van der Waals surface area contributed by atoms with Crippen molar-refractivity contribution in [2.45, 2.75) is 13.0 Å². The molecule has 0 saturated heterocycles. The summed E-state index contributed by atoms with van der Waals surface area (Å²) in [6.45, 7) is 1.17. The van der Waals surface area contributed by atoms with E-state index in [0.717, 1.165) is 17.8 Å². The number of carbonyl (C=O) groups is 1. The van der Waals surface area contributed by atoms with E-state index < -0.39 is 0 Å². The molecular weight excluding hydrogens is 254 g/mol. The third-order valence-corrected chi connectivity index (χ3v) is 3.31. The van der Waals surface area contributed by atoms with Crippen molar-refractivity contribution in [3.8, 4) is 6.07 Å². The van der Waals surface area contributed by atoms with Gasteiger partial charge in [-0.05, 0) is 18.2 Å². The molecule has 2 aromatic rings. The summed E-state index contributed by atoms with van der Waals surface area (Å²) in [5.74, 6) is 0. The quantitative estimate of drug-likeness (QED) is 0.827. The number of nitriles is 1. The summed E-state index contributed by atoms with van der Waals surface area (Å²) < 4.78 is 0. The van der Waals surface area contributed by atoms with Crippen LogP contribution in [0.5, 0.6) is 0 Å². The first-order chi connectivity index (χ1) is 9.76. The van der Waals surface area contributed by atoms with E-state index in [-0.39, 0.29) is 6.03 Å². The molecule has 0 unspecified atom stereocenters. The van der Waals surface area contributed by atoms with Crippen molar-refractivity contribution in [3.05, 3.63) is 47.5 Å². The Morgan fingerprint density at radius 1 is 1.50 bits per heavy atom. The standard InChI is InChI=1S/C14H13N5O/c15-7-10-2-1-3-11(6-10)18-14(20)19-5-4-12-13(8-19)17-9-16-12/h1-3,6,9H,4-5,8H2,(H,16,17)(H,18,20). The van der Waals surface area contributed by atoms with Crippen LogP contribution in [0.3, 0.4) is 0 Å². The van der Waals surface area contributed by atoms with Crippen molar-refractivity contribution >= 4 is 11.7 Å². The number of aromatic nitrogens is 2. The number of H-pyrrole nitrogens is 1. The van der Waals surface area contributed by atoms with Gasteiger partial charge < -0.3 is 15.2 Å². The summed E-state index contributed by atoms with van der Waals surface area (Å²) >= 11 is 0. The Morgan fingerprint density at radius 3 is 3.25 bits per heavy atom. The first-order valence-electron chi connectivity index (χ1n) is 6.33. The second-order valence-electron chi connectivity index (χ2n) is 4.62. The highest BCUT2D eigenvalue weighted by Gasteiger charge is 2.22. The predicted octanol–water partition coefficient (Wildman–Crippen LogP) is 1.87. The number of nitrogens with one attached hydrogen (secondary N) is 2. The zero-order valence-corrected chi connectivity index (χ0v) is 10.8. The van der Waals surface area contributed by atoms with Crippen LogP contribution >= 0.6 is 0 Å². The monoisotopic (exact) mass is 267 g/mol. The van der Waals surface area contributed by atoms with E-state index in [1.807, 2.05) is 0 Å². The average Bonchev–Trinajstić information content (AvgIpc) is 2.94. The SMILES string of the molecule is N#Cc1cccc(NC(=O)N2CCc3nc[nH]c3C2)c1. The first kappa shape index (κ1) is 12.2. The Labute approximate surface area is 116 Å². The molecule has 0 atom stereocenters. The fourth-order valence-electron chi connectivity index (χ4n) is 2.25. The number of amides is 2. The van der Waals surface area contributed by atoms with Crippen LogP contribution in [0.1, 0.15) is 17.0 Å². The molecule has 0 fully saturated rings. The van der Waals surface area contributed by atoms with E-state index >= 15 is 0 Å². The minimum absolute atomic E-state index is 0.166. The van der Waals surface area contributed by atoms with Crippen LogP contribution in [0.25, 0.3) is 0 Å². The van der Waals surface area contributed by atoms with Gasteiger partial charge in [0.25, 0.3) is 0 Å². The van der Waals surface area contributed by atoms with Crippen LogP contribution in [0.2, 0.25) is 0 Å². The molecule has 2 amide bonds. The number of nitrogens with zero attached hydrogens (tertiary/aromatic N) is 3. The lowest BCUT2D eigenvalue weighted by Gasteiger charge is -2.26. The van der Waals surface area contributed by atoms with Gasteiger partial charge in [-0.2, -0.15) is 5.26 Å². The molecule has 6 heteroatoms. The van der Waals surface area contributed by atoms with Crippen LogP contribution in [0, 0.1) is 11.3 Å². The van der Waals surface area contributed by atoms with E-state index in [1.165, 1.54) is 0 Å². The Kier molecular flexibility index (Phi) is 3.09. The predicted molar refractivity (Wildman–Crippen MR) is 72.9 cm³/mol. The average molecular weight is 267 g/mol. The Morgan fingerprint density at radius 2 is 2.40 bits per heavy atom. The molecule has 0 spiro atoms. The fourth-order valence-corrected chi connectivity index (χ4v) is 2.25. The third-order valence-electron chi connectivity index (χ3n) is 3.31. The van der Waals surface area contributed by atoms with E-state index in [9.17, 15) is 4.79 Å². The highest BCUT2D eigenvalue weighted by Crippen LogP contribution is 2.17. The summed E-state index contributed by atoms with van der Waals surface area (Å²) in [5.41, 5.74) is 3.17. The molecule has 1 aromatic carbocycles. The fraction of sp³-hybridized carbons (Fsp3) is 0.214. The summed E-state index contributed by atoms with van der Waals surface area (Å²) in [6, 6.07) is 8.76. The van der Waals surface area contributed by atoms with E-state index in [0.29, 0.717) is 24.3 Å². The number of urea groups is 1. The lowest BCUT2D eigenvalue weighted by atomic mass is 10.1. The molecule has 0 aliphatic carbocycles. The number of hydrogen-bond acceptors (Lipinski definition) is 3. The summed E-state index contributed by atoms with van der Waals surface area (Å²) in [5, 5.41) is 11.7. The summed E-state index contributed by atoms with van der Waals surface area (Å²) in [4.78, 5) is 21.2. The number of rotatable bonds is 1. The van der Waals surface area contributed by atoms with E-state index in [1.54, 1.807) is 35.5 Å². The molecule has 2 N–H and O–H groups in total. The van der Waals surface area contributed by atoms with E-state index in [4.69, 9.17) is 5.26 Å². The molecule has 1 aliphatic heterocycles. The smallest absolute Gasteiger partial charge is 0.322 e. The summed E-state index contributed by atoms with van der Waals surface area (Å²) in [6.07, 6.45) is 2.41. The number of carbonyl (C=O) groups excluding carboxylic acids is 1. The van der Waals surface area contributed by atoms with Crippen LogP contribution in [-0.2, 0) is 13.0 Å².